The van der Waals surface area contributed by atoms with Crippen LogP contribution in [0, 0.1) is 6.42 Å². The van der Waals surface area contributed by atoms with Crippen molar-refractivity contribution in [3.63, 3.8) is 0 Å². The van der Waals surface area contributed by atoms with E-state index in [0.717, 1.165) is 0 Å². The van der Waals surface area contributed by atoms with Gasteiger partial charge in [-0.05, 0) is 43.2 Å². The van der Waals surface area contributed by atoms with E-state index < -0.39 is 0 Å². The number of allylic oxidation sites excluding steroid dienone is 2. The summed E-state index contributed by atoms with van der Waals surface area (Å²) in [6.07, 6.45) is 10.0. The molecule has 0 amide bonds. The Hall–Kier alpha value is -1.04. The molecular weight excluding hydrogens is 168 g/mol. The predicted molar refractivity (Wildman–Crippen MR) is 58.0 cm³/mol. The smallest absolute Gasteiger partial charge is 0.0460 e. The largest absolute Gasteiger partial charge is 0.0656 e. The summed E-state index contributed by atoms with van der Waals surface area (Å²) in [6.45, 7) is 0. The number of fused-ring (bicyclic) bond motifs is 1. The highest BCUT2D eigenvalue weighted by molar-refractivity contribution is 5.48. The van der Waals surface area contributed by atoms with Crippen molar-refractivity contribution in [2.75, 3.05) is 0 Å². The lowest BCUT2D eigenvalue weighted by molar-refractivity contribution is 0.658. The maximum absolute atomic E-state index is 3.58. The highest BCUT2D eigenvalue weighted by atomic mass is 14.2. The zero-order chi connectivity index (χ0) is 9.38. The molecule has 0 atom stereocenters. The molecule has 0 heterocycles. The van der Waals surface area contributed by atoms with E-state index in [4.69, 9.17) is 0 Å². The topological polar surface area (TPSA) is 0 Å². The molecule has 0 nitrogen and oxygen atoms in total. The first-order valence-electron chi connectivity index (χ1n) is 5.49. The van der Waals surface area contributed by atoms with Crippen LogP contribution in [0.1, 0.15) is 36.8 Å². The summed E-state index contributed by atoms with van der Waals surface area (Å²) in [5, 5.41) is 0. The van der Waals surface area contributed by atoms with Gasteiger partial charge in [0.1, 0.15) is 0 Å². The van der Waals surface area contributed by atoms with Gasteiger partial charge in [0.15, 0.2) is 0 Å². The van der Waals surface area contributed by atoms with E-state index in [1.807, 2.05) is 0 Å². The summed E-state index contributed by atoms with van der Waals surface area (Å²) in [5.41, 5.74) is 5.95. The molecule has 0 heteroatoms. The van der Waals surface area contributed by atoms with Crippen LogP contribution in [0.2, 0.25) is 0 Å². The fourth-order valence-corrected chi connectivity index (χ4v) is 2.50. The molecule has 0 aromatic heterocycles. The van der Waals surface area contributed by atoms with E-state index in [0.29, 0.717) is 0 Å². The van der Waals surface area contributed by atoms with E-state index >= 15 is 0 Å². The fraction of sp³-hybridized carbons (Fsp3) is 0.357. The van der Waals surface area contributed by atoms with E-state index in [1.165, 1.54) is 48.8 Å². The third-order valence-electron chi connectivity index (χ3n) is 3.29. The zero-order valence-electron chi connectivity index (χ0n) is 8.34. The molecule has 14 heavy (non-hydrogen) atoms. The Morgan fingerprint density at radius 2 is 1.86 bits per heavy atom. The van der Waals surface area contributed by atoms with E-state index in [-0.39, 0.29) is 0 Å². The molecule has 1 aromatic rings. The Kier molecular flexibility index (Phi) is 1.93. The van der Waals surface area contributed by atoms with Crippen LogP contribution in [0.25, 0.3) is 0 Å². The number of hydrogen-bond acceptors (Lipinski definition) is 0. The third-order valence-corrected chi connectivity index (χ3v) is 3.29. The summed E-state index contributed by atoms with van der Waals surface area (Å²) in [5.74, 6) is 0. The van der Waals surface area contributed by atoms with Gasteiger partial charge in [-0.15, -0.1) is 0 Å². The molecule has 0 unspecified atom stereocenters. The van der Waals surface area contributed by atoms with Crippen molar-refractivity contribution in [3.8, 4) is 0 Å². The molecular formula is C14H14. The van der Waals surface area contributed by atoms with Crippen molar-refractivity contribution in [1.82, 2.24) is 0 Å². The molecule has 0 bridgehead atoms. The van der Waals surface area contributed by atoms with Gasteiger partial charge in [0.25, 0.3) is 0 Å². The summed E-state index contributed by atoms with van der Waals surface area (Å²) >= 11 is 0. The maximum atomic E-state index is 3.58. The van der Waals surface area contributed by atoms with Gasteiger partial charge < -0.3 is 0 Å². The predicted octanol–water partition coefficient (Wildman–Crippen LogP) is 3.54. The quantitative estimate of drug-likeness (QED) is 0.575. The van der Waals surface area contributed by atoms with Crippen LogP contribution < -0.4 is 0 Å². The Bertz CT molecular complexity index is 348. The average Bonchev–Trinajstić information content (AvgIpc) is 2.26. The third kappa shape index (κ3) is 1.30. The molecule has 70 valence electrons. The van der Waals surface area contributed by atoms with Crippen molar-refractivity contribution < 1.29 is 0 Å². The van der Waals surface area contributed by atoms with Crippen molar-refractivity contribution in [2.24, 2.45) is 0 Å². The molecule has 1 aromatic carbocycles. The Morgan fingerprint density at radius 3 is 2.86 bits per heavy atom. The first-order valence-corrected chi connectivity index (χ1v) is 5.49. The first-order chi connectivity index (χ1) is 6.93. The fourth-order valence-electron chi connectivity index (χ4n) is 2.50. The van der Waals surface area contributed by atoms with Gasteiger partial charge in [-0.2, -0.15) is 0 Å². The highest BCUT2D eigenvalue weighted by Crippen LogP contribution is 2.35. The molecule has 0 saturated heterocycles. The number of hydrogen-bond donors (Lipinski definition) is 0. The van der Waals surface area contributed by atoms with Gasteiger partial charge in [-0.25, -0.2) is 0 Å². The molecule has 2 aliphatic rings. The van der Waals surface area contributed by atoms with Gasteiger partial charge in [-0.1, -0.05) is 35.4 Å². The zero-order valence-corrected chi connectivity index (χ0v) is 8.34. The molecule has 0 spiro atoms. The molecule has 0 N–H and O–H groups in total. The Labute approximate surface area is 85.6 Å². The highest BCUT2D eigenvalue weighted by Gasteiger charge is 2.20. The average molecular weight is 182 g/mol. The van der Waals surface area contributed by atoms with Crippen LogP contribution in [0.5, 0.6) is 0 Å². The second-order valence-corrected chi connectivity index (χ2v) is 4.25. The summed E-state index contributed by atoms with van der Waals surface area (Å²) in [4.78, 5) is 0. The lowest BCUT2D eigenvalue weighted by atomic mass is 9.79. The van der Waals surface area contributed by atoms with Crippen molar-refractivity contribution >= 4 is 0 Å². The molecule has 0 aliphatic heterocycles. The standard InChI is InChI=1S/C14H14/c1-2-6-12-10-14-8-4-3-7-13(14)9-11(12)5-1/h1-2,5-6H,3-4,7-9H2. The Balaban J connectivity index is 1.99. The molecule has 3 rings (SSSR count). The maximum Gasteiger partial charge on any atom is 0.0460 e. The normalized spacial score (nSPS) is 20.3. The van der Waals surface area contributed by atoms with Gasteiger partial charge in [0.05, 0.1) is 0 Å². The van der Waals surface area contributed by atoms with Gasteiger partial charge in [-0.3, -0.25) is 0 Å². The minimum Gasteiger partial charge on any atom is -0.0656 e. The van der Waals surface area contributed by atoms with Crippen LogP contribution in [0.4, 0.5) is 0 Å². The lowest BCUT2D eigenvalue weighted by Gasteiger charge is -2.26. The van der Waals surface area contributed by atoms with Crippen molar-refractivity contribution in [3.05, 3.63) is 53.0 Å². The van der Waals surface area contributed by atoms with E-state index in [9.17, 15) is 0 Å². The minimum absolute atomic E-state index is 1.18. The second-order valence-electron chi connectivity index (χ2n) is 4.25. The summed E-state index contributed by atoms with van der Waals surface area (Å²) in [6, 6.07) is 8.67. The van der Waals surface area contributed by atoms with Gasteiger partial charge in [0.2, 0.25) is 0 Å². The van der Waals surface area contributed by atoms with E-state index in [2.05, 4.69) is 30.7 Å². The second kappa shape index (κ2) is 3.27. The lowest BCUT2D eigenvalue weighted by Crippen LogP contribution is -2.10. The van der Waals surface area contributed by atoms with Crippen LogP contribution in [0.3, 0.4) is 0 Å². The van der Waals surface area contributed by atoms with E-state index in [1.54, 1.807) is 5.57 Å². The van der Waals surface area contributed by atoms with Crippen molar-refractivity contribution in [2.45, 2.75) is 32.1 Å². The van der Waals surface area contributed by atoms with Crippen molar-refractivity contribution in [1.29, 1.82) is 0 Å². The first kappa shape index (κ1) is 8.28. The van der Waals surface area contributed by atoms with Crippen LogP contribution >= 0.6 is 0 Å². The SMILES string of the molecule is [C]1C2=C(CCCC2)Cc2ccccc21. The van der Waals surface area contributed by atoms with Crippen LogP contribution in [-0.2, 0) is 6.42 Å². The molecule has 0 saturated carbocycles. The Morgan fingerprint density at radius 1 is 1.00 bits per heavy atom. The van der Waals surface area contributed by atoms with Crippen LogP contribution in [0.15, 0.2) is 35.4 Å². The van der Waals surface area contributed by atoms with Crippen LogP contribution in [-0.4, -0.2) is 0 Å². The number of rotatable bonds is 0. The summed E-state index contributed by atoms with van der Waals surface area (Å²) in [7, 11) is 0. The monoisotopic (exact) mass is 182 g/mol. The minimum atomic E-state index is 1.18. The number of benzene rings is 1. The van der Waals surface area contributed by atoms with Gasteiger partial charge >= 0.3 is 0 Å². The summed E-state index contributed by atoms with van der Waals surface area (Å²) < 4.78 is 0. The molecule has 2 aliphatic carbocycles. The van der Waals surface area contributed by atoms with Gasteiger partial charge in [0, 0.05) is 6.42 Å². The molecule has 2 radical (unpaired) electrons. The molecule has 0 fully saturated rings.